The zero-order valence-corrected chi connectivity index (χ0v) is 42.3. The van der Waals surface area contributed by atoms with E-state index in [9.17, 15) is 0 Å². The van der Waals surface area contributed by atoms with Gasteiger partial charge in [0.25, 0.3) is 0 Å². The highest BCUT2D eigenvalue weighted by molar-refractivity contribution is 6.27. The van der Waals surface area contributed by atoms with Gasteiger partial charge in [0.05, 0.1) is 16.6 Å². The first-order chi connectivity index (χ1) is 38.7. The van der Waals surface area contributed by atoms with E-state index >= 15 is 0 Å². The molecule has 3 nitrogen and oxygen atoms in total. The van der Waals surface area contributed by atoms with Gasteiger partial charge in [-0.3, -0.25) is 15.0 Å². The van der Waals surface area contributed by atoms with E-state index in [4.69, 9.17) is 15.0 Å². The number of rotatable bonds is 6. The first-order valence-corrected chi connectivity index (χ1v) is 26.7. The third kappa shape index (κ3) is 6.88. The van der Waals surface area contributed by atoms with Gasteiger partial charge in [-0.05, 0) is 135 Å². The molecule has 0 N–H and O–H groups in total. The van der Waals surface area contributed by atoms with Crippen LogP contribution in [0.1, 0.15) is 0 Å². The highest BCUT2D eigenvalue weighted by Crippen LogP contribution is 2.45. The molecule has 13 aromatic carbocycles. The van der Waals surface area contributed by atoms with Gasteiger partial charge in [0, 0.05) is 67.6 Å². The van der Waals surface area contributed by atoms with Crippen molar-refractivity contribution in [2.24, 2.45) is 0 Å². The highest BCUT2D eigenvalue weighted by atomic mass is 14.7. The summed E-state index contributed by atoms with van der Waals surface area (Å²) < 4.78 is 0. The molecular weight excluding hydrogens is 943 g/mol. The summed E-state index contributed by atoms with van der Waals surface area (Å²) in [5.41, 5.74) is 16.3. The average molecular weight is 988 g/mol. The molecule has 0 saturated carbocycles. The smallest absolute Gasteiger partial charge is 0.0787 e. The van der Waals surface area contributed by atoms with Gasteiger partial charge in [-0.15, -0.1) is 0 Å². The zero-order valence-electron chi connectivity index (χ0n) is 42.3. The fourth-order valence-corrected chi connectivity index (χ4v) is 12.8. The molecule has 78 heavy (non-hydrogen) atoms. The Morgan fingerprint density at radius 3 is 0.577 bits per heavy atom. The third-order valence-corrected chi connectivity index (χ3v) is 16.3. The molecule has 3 aromatic heterocycles. The predicted molar refractivity (Wildman–Crippen MR) is 330 cm³/mol. The second kappa shape index (κ2) is 17.6. The molecule has 0 fully saturated rings. The van der Waals surface area contributed by atoms with Crippen LogP contribution in [0.2, 0.25) is 0 Å². The van der Waals surface area contributed by atoms with E-state index in [0.717, 1.165) is 116 Å². The Morgan fingerprint density at radius 1 is 0.154 bits per heavy atom. The van der Waals surface area contributed by atoms with E-state index in [2.05, 4.69) is 273 Å². The number of pyridine rings is 3. The highest BCUT2D eigenvalue weighted by Gasteiger charge is 2.20. The Kier molecular flexibility index (Phi) is 9.94. The van der Waals surface area contributed by atoms with Crippen LogP contribution in [0.5, 0.6) is 0 Å². The normalized spacial score (nSPS) is 11.8. The van der Waals surface area contributed by atoms with E-state index in [-0.39, 0.29) is 0 Å². The minimum Gasteiger partial charge on any atom is -0.255 e. The molecule has 0 spiro atoms. The maximum absolute atomic E-state index is 5.29. The molecular formula is C75H45N3. The lowest BCUT2D eigenvalue weighted by Crippen LogP contribution is -1.94. The van der Waals surface area contributed by atoms with Crippen molar-refractivity contribution in [1.82, 2.24) is 15.0 Å². The SMILES string of the molecule is c1ccc(-c2cnc3c4ccccc4c4ccccc4c3c2)c(-c2cc(-c3ccccc3-c3cnc4c5ccccc5c5ccccc5c4c3)cc(-c3ccccc3-c3cnc4c5ccccc5c5ccccc5c4c3)c2)c1. The number of fused-ring (bicyclic) bond motifs is 18. The molecule has 0 bridgehead atoms. The van der Waals surface area contributed by atoms with Crippen LogP contribution in [0.25, 0.3) is 164 Å². The van der Waals surface area contributed by atoms with Gasteiger partial charge in [0.1, 0.15) is 0 Å². The molecule has 0 aliphatic heterocycles. The second-order valence-electron chi connectivity index (χ2n) is 20.6. The van der Waals surface area contributed by atoms with E-state index in [1.54, 1.807) is 0 Å². The van der Waals surface area contributed by atoms with Gasteiger partial charge in [-0.25, -0.2) is 0 Å². The van der Waals surface area contributed by atoms with Gasteiger partial charge < -0.3 is 0 Å². The Balaban J connectivity index is 0.925. The lowest BCUT2D eigenvalue weighted by molar-refractivity contribution is 1.42. The topological polar surface area (TPSA) is 38.7 Å². The predicted octanol–water partition coefficient (Wildman–Crippen LogP) is 20.3. The van der Waals surface area contributed by atoms with Crippen LogP contribution in [-0.2, 0) is 0 Å². The van der Waals surface area contributed by atoms with Crippen LogP contribution in [-0.4, -0.2) is 15.0 Å². The number of nitrogens with zero attached hydrogens (tertiary/aromatic N) is 3. The Labute approximate surface area is 450 Å². The second-order valence-corrected chi connectivity index (χ2v) is 20.6. The third-order valence-electron chi connectivity index (χ3n) is 16.3. The van der Waals surface area contributed by atoms with Crippen LogP contribution in [0.15, 0.2) is 273 Å². The number of hydrogen-bond acceptors (Lipinski definition) is 3. The molecule has 3 heterocycles. The summed E-state index contributed by atoms with van der Waals surface area (Å²) in [5.74, 6) is 0. The van der Waals surface area contributed by atoms with Gasteiger partial charge in [0.15, 0.2) is 0 Å². The van der Waals surface area contributed by atoms with E-state index in [1.807, 2.05) is 0 Å². The Bertz CT molecular complexity index is 4540. The number of aromatic nitrogens is 3. The molecule has 360 valence electrons. The lowest BCUT2D eigenvalue weighted by atomic mass is 9.86. The largest absolute Gasteiger partial charge is 0.255 e. The molecule has 16 aromatic rings. The van der Waals surface area contributed by atoms with Crippen molar-refractivity contribution < 1.29 is 0 Å². The van der Waals surface area contributed by atoms with Crippen molar-refractivity contribution >= 4 is 97.3 Å². The number of hydrogen-bond donors (Lipinski definition) is 0. The van der Waals surface area contributed by atoms with Crippen molar-refractivity contribution in [2.75, 3.05) is 0 Å². The van der Waals surface area contributed by atoms with Crippen molar-refractivity contribution in [2.45, 2.75) is 0 Å². The van der Waals surface area contributed by atoms with Gasteiger partial charge in [0.2, 0.25) is 0 Å². The minimum absolute atomic E-state index is 1.01. The van der Waals surface area contributed by atoms with Gasteiger partial charge in [-0.2, -0.15) is 0 Å². The van der Waals surface area contributed by atoms with E-state index < -0.39 is 0 Å². The molecule has 0 unspecified atom stereocenters. The van der Waals surface area contributed by atoms with Crippen LogP contribution in [0.3, 0.4) is 0 Å². The summed E-state index contributed by atoms with van der Waals surface area (Å²) in [6.45, 7) is 0. The standard InChI is InChI=1S/C75H45N3/c1-4-22-55(49-40-70-64-31-10-7-25-58(64)61-28-13-16-34-67(61)73(70)76-43-49)52(19-1)46-37-47(53-20-2-5-23-56(53)50-41-71-65-32-11-8-26-59(65)62-29-14-17-35-68(62)74(71)77-44-50)39-48(38-46)54-21-3-6-24-57(54)51-42-72-66-33-12-9-27-60(66)63-30-15-18-36-69(63)75(72)78-45-51/h1-45H. The maximum Gasteiger partial charge on any atom is 0.0787 e. The molecule has 0 amide bonds. The van der Waals surface area contributed by atoms with E-state index in [1.165, 1.54) is 48.5 Å². The average Bonchev–Trinajstić information content (AvgIpc) is 3.66. The minimum atomic E-state index is 1.01. The van der Waals surface area contributed by atoms with Gasteiger partial charge >= 0.3 is 0 Å². The van der Waals surface area contributed by atoms with Crippen molar-refractivity contribution in [3.05, 3.63) is 273 Å². The quantitative estimate of drug-likeness (QED) is 0.156. The summed E-state index contributed by atoms with van der Waals surface area (Å²) in [6, 6.07) is 92.8. The molecule has 0 aliphatic rings. The van der Waals surface area contributed by atoms with Crippen molar-refractivity contribution in [3.63, 3.8) is 0 Å². The van der Waals surface area contributed by atoms with Gasteiger partial charge in [-0.1, -0.05) is 218 Å². The van der Waals surface area contributed by atoms with E-state index in [0.29, 0.717) is 0 Å². The van der Waals surface area contributed by atoms with Crippen LogP contribution in [0.4, 0.5) is 0 Å². The van der Waals surface area contributed by atoms with Crippen molar-refractivity contribution in [3.8, 4) is 66.8 Å². The summed E-state index contributed by atoms with van der Waals surface area (Å²) in [6.07, 6.45) is 6.20. The first kappa shape index (κ1) is 44.0. The van der Waals surface area contributed by atoms with Crippen LogP contribution in [0, 0.1) is 0 Å². The molecule has 0 aliphatic carbocycles. The Hall–Kier alpha value is -10.4. The maximum atomic E-state index is 5.29. The molecule has 0 radical (unpaired) electrons. The Morgan fingerprint density at radius 2 is 0.333 bits per heavy atom. The molecule has 3 heteroatoms. The molecule has 0 atom stereocenters. The summed E-state index contributed by atoms with van der Waals surface area (Å²) in [5, 5.41) is 17.8. The fourth-order valence-electron chi connectivity index (χ4n) is 12.8. The molecule has 16 rings (SSSR count). The number of benzene rings is 13. The zero-order chi connectivity index (χ0) is 51.3. The fraction of sp³-hybridized carbons (Fsp3) is 0. The van der Waals surface area contributed by atoms with Crippen molar-refractivity contribution in [1.29, 1.82) is 0 Å². The summed E-state index contributed by atoms with van der Waals surface area (Å²) in [4.78, 5) is 15.9. The lowest BCUT2D eigenvalue weighted by Gasteiger charge is -2.18. The summed E-state index contributed by atoms with van der Waals surface area (Å²) in [7, 11) is 0. The monoisotopic (exact) mass is 987 g/mol. The summed E-state index contributed by atoms with van der Waals surface area (Å²) >= 11 is 0. The van der Waals surface area contributed by atoms with Crippen LogP contribution >= 0.6 is 0 Å². The van der Waals surface area contributed by atoms with Crippen LogP contribution < -0.4 is 0 Å². The molecule has 0 saturated heterocycles. The first-order valence-electron chi connectivity index (χ1n) is 26.7.